The molecular weight excluding hydrogens is 206 g/mol. The first-order valence-corrected chi connectivity index (χ1v) is 6.29. The second kappa shape index (κ2) is 8.53. The minimum absolute atomic E-state index is 0.140. The Hall–Kier alpha value is -0.610. The summed E-state index contributed by atoms with van der Waals surface area (Å²) in [5.74, 6) is 0.140. The highest BCUT2D eigenvalue weighted by atomic mass is 16.5. The van der Waals surface area contributed by atoms with E-state index >= 15 is 0 Å². The van der Waals surface area contributed by atoms with Crippen molar-refractivity contribution in [1.29, 1.82) is 0 Å². The summed E-state index contributed by atoms with van der Waals surface area (Å²) in [7, 11) is 0. The van der Waals surface area contributed by atoms with Gasteiger partial charge >= 0.3 is 0 Å². The molecule has 0 aromatic heterocycles. The highest BCUT2D eigenvalue weighted by molar-refractivity contribution is 5.75. The molecule has 0 spiro atoms. The molecule has 1 atom stereocenters. The molecule has 0 saturated carbocycles. The Labute approximate surface area is 97.7 Å². The molecule has 1 N–H and O–H groups in total. The smallest absolute Gasteiger partial charge is 0.219 e. The zero-order chi connectivity index (χ0) is 11.6. The summed E-state index contributed by atoms with van der Waals surface area (Å²) < 4.78 is 10.9. The topological polar surface area (TPSA) is 47.6 Å². The van der Waals surface area contributed by atoms with E-state index in [1.807, 2.05) is 6.92 Å². The van der Waals surface area contributed by atoms with Gasteiger partial charge in [-0.3, -0.25) is 4.79 Å². The number of amides is 1. The third-order valence-electron chi connectivity index (χ3n) is 2.59. The van der Waals surface area contributed by atoms with Crippen molar-refractivity contribution >= 4 is 5.91 Å². The number of carbonyl (C=O) groups is 1. The van der Waals surface area contributed by atoms with E-state index in [2.05, 4.69) is 5.32 Å². The molecule has 0 aliphatic carbocycles. The van der Waals surface area contributed by atoms with E-state index in [-0.39, 0.29) is 5.91 Å². The Kier molecular flexibility index (Phi) is 7.17. The van der Waals surface area contributed by atoms with Gasteiger partial charge in [0.15, 0.2) is 0 Å². The van der Waals surface area contributed by atoms with Crippen LogP contribution in [-0.4, -0.2) is 38.4 Å². The van der Waals surface area contributed by atoms with Gasteiger partial charge in [0.1, 0.15) is 0 Å². The molecule has 16 heavy (non-hydrogen) atoms. The van der Waals surface area contributed by atoms with Crippen molar-refractivity contribution in [1.82, 2.24) is 5.32 Å². The molecule has 0 bridgehead atoms. The van der Waals surface area contributed by atoms with Gasteiger partial charge in [-0.05, 0) is 25.7 Å². The fourth-order valence-electron chi connectivity index (χ4n) is 1.71. The van der Waals surface area contributed by atoms with E-state index < -0.39 is 0 Å². The number of ether oxygens (including phenoxy) is 2. The number of hydrogen-bond donors (Lipinski definition) is 1. The average Bonchev–Trinajstić information content (AvgIpc) is 2.76. The molecule has 1 amide bonds. The summed E-state index contributed by atoms with van der Waals surface area (Å²) in [6.45, 7) is 4.99. The quantitative estimate of drug-likeness (QED) is 0.641. The third kappa shape index (κ3) is 6.08. The van der Waals surface area contributed by atoms with Crippen LogP contribution in [0.1, 0.15) is 39.0 Å². The Morgan fingerprint density at radius 3 is 3.12 bits per heavy atom. The standard InChI is InChI=1S/C12H23NO3/c1-2-5-12(14)13-7-4-8-15-10-11-6-3-9-16-11/h11H,2-10H2,1H3,(H,13,14). The summed E-state index contributed by atoms with van der Waals surface area (Å²) in [6.07, 6.45) is 4.98. The van der Waals surface area contributed by atoms with Gasteiger partial charge in [-0.25, -0.2) is 0 Å². The Morgan fingerprint density at radius 1 is 1.56 bits per heavy atom. The van der Waals surface area contributed by atoms with Gasteiger partial charge in [0.25, 0.3) is 0 Å². The molecule has 0 aromatic carbocycles. The zero-order valence-electron chi connectivity index (χ0n) is 10.2. The SMILES string of the molecule is CCCC(=O)NCCCOCC1CCCO1. The third-order valence-corrected chi connectivity index (χ3v) is 2.59. The van der Waals surface area contributed by atoms with E-state index in [0.717, 1.165) is 32.3 Å². The first kappa shape index (κ1) is 13.5. The van der Waals surface area contributed by atoms with E-state index in [9.17, 15) is 4.79 Å². The first-order chi connectivity index (χ1) is 7.83. The van der Waals surface area contributed by atoms with Crippen LogP contribution in [0, 0.1) is 0 Å². The molecule has 1 rings (SSSR count). The van der Waals surface area contributed by atoms with Crippen molar-refractivity contribution in [3.05, 3.63) is 0 Å². The molecular formula is C12H23NO3. The molecule has 4 heteroatoms. The highest BCUT2D eigenvalue weighted by Gasteiger charge is 2.14. The summed E-state index contributed by atoms with van der Waals surface area (Å²) in [6, 6.07) is 0. The van der Waals surface area contributed by atoms with Crippen molar-refractivity contribution in [2.75, 3.05) is 26.4 Å². The lowest BCUT2D eigenvalue weighted by molar-refractivity contribution is -0.121. The van der Waals surface area contributed by atoms with Crippen molar-refractivity contribution in [2.45, 2.75) is 45.1 Å². The van der Waals surface area contributed by atoms with Gasteiger partial charge < -0.3 is 14.8 Å². The van der Waals surface area contributed by atoms with E-state index in [1.165, 1.54) is 0 Å². The number of carbonyl (C=O) groups excluding carboxylic acids is 1. The van der Waals surface area contributed by atoms with Crippen LogP contribution < -0.4 is 5.32 Å². The molecule has 1 heterocycles. The van der Waals surface area contributed by atoms with Crippen molar-refractivity contribution < 1.29 is 14.3 Å². The van der Waals surface area contributed by atoms with Crippen LogP contribution in [0.3, 0.4) is 0 Å². The molecule has 1 aliphatic heterocycles. The summed E-state index contributed by atoms with van der Waals surface area (Å²) >= 11 is 0. The molecule has 1 aliphatic rings. The maximum absolute atomic E-state index is 11.1. The van der Waals surface area contributed by atoms with Crippen molar-refractivity contribution in [2.24, 2.45) is 0 Å². The zero-order valence-corrected chi connectivity index (χ0v) is 10.2. The Bertz CT molecular complexity index is 191. The minimum atomic E-state index is 0.140. The van der Waals surface area contributed by atoms with Gasteiger partial charge in [0.2, 0.25) is 5.91 Å². The van der Waals surface area contributed by atoms with Crippen LogP contribution in [0.25, 0.3) is 0 Å². The number of rotatable bonds is 8. The van der Waals surface area contributed by atoms with Crippen LogP contribution in [0.15, 0.2) is 0 Å². The van der Waals surface area contributed by atoms with E-state index in [1.54, 1.807) is 0 Å². The fraction of sp³-hybridized carbons (Fsp3) is 0.917. The van der Waals surface area contributed by atoms with Gasteiger partial charge in [-0.1, -0.05) is 6.92 Å². The second-order valence-electron chi connectivity index (χ2n) is 4.16. The second-order valence-corrected chi connectivity index (χ2v) is 4.16. The Balaban J connectivity index is 1.82. The highest BCUT2D eigenvalue weighted by Crippen LogP contribution is 2.11. The van der Waals surface area contributed by atoms with Crippen molar-refractivity contribution in [3.63, 3.8) is 0 Å². The summed E-state index contributed by atoms with van der Waals surface area (Å²) in [5, 5.41) is 2.86. The minimum Gasteiger partial charge on any atom is -0.379 e. The average molecular weight is 229 g/mol. The molecule has 1 unspecified atom stereocenters. The van der Waals surface area contributed by atoms with Crippen LogP contribution >= 0.6 is 0 Å². The molecule has 4 nitrogen and oxygen atoms in total. The normalized spacial score (nSPS) is 19.9. The maximum atomic E-state index is 11.1. The van der Waals surface area contributed by atoms with Gasteiger partial charge in [-0.15, -0.1) is 0 Å². The molecule has 0 radical (unpaired) electrons. The predicted octanol–water partition coefficient (Wildman–Crippen LogP) is 1.49. The van der Waals surface area contributed by atoms with Gasteiger partial charge in [-0.2, -0.15) is 0 Å². The van der Waals surface area contributed by atoms with E-state index in [4.69, 9.17) is 9.47 Å². The number of nitrogens with one attached hydrogen (secondary N) is 1. The van der Waals surface area contributed by atoms with Crippen molar-refractivity contribution in [3.8, 4) is 0 Å². The number of hydrogen-bond acceptors (Lipinski definition) is 3. The van der Waals surface area contributed by atoms with Gasteiger partial charge in [0.05, 0.1) is 12.7 Å². The summed E-state index contributed by atoms with van der Waals surface area (Å²) in [5.41, 5.74) is 0. The van der Waals surface area contributed by atoms with E-state index in [0.29, 0.717) is 32.3 Å². The molecule has 94 valence electrons. The maximum Gasteiger partial charge on any atom is 0.219 e. The molecule has 1 saturated heterocycles. The lowest BCUT2D eigenvalue weighted by Crippen LogP contribution is -2.25. The largest absolute Gasteiger partial charge is 0.379 e. The van der Waals surface area contributed by atoms with Crippen LogP contribution in [0.4, 0.5) is 0 Å². The van der Waals surface area contributed by atoms with Gasteiger partial charge in [0, 0.05) is 26.2 Å². The molecule has 0 aromatic rings. The summed E-state index contributed by atoms with van der Waals surface area (Å²) in [4.78, 5) is 11.1. The first-order valence-electron chi connectivity index (χ1n) is 6.29. The van der Waals surface area contributed by atoms with Crippen LogP contribution in [0.5, 0.6) is 0 Å². The predicted molar refractivity (Wildman–Crippen MR) is 62.3 cm³/mol. The lowest BCUT2D eigenvalue weighted by Gasteiger charge is -2.10. The Morgan fingerprint density at radius 2 is 2.44 bits per heavy atom. The fourth-order valence-corrected chi connectivity index (χ4v) is 1.71. The lowest BCUT2D eigenvalue weighted by atomic mass is 10.2. The molecule has 1 fully saturated rings. The monoisotopic (exact) mass is 229 g/mol. The van der Waals surface area contributed by atoms with Crippen LogP contribution in [0.2, 0.25) is 0 Å². The van der Waals surface area contributed by atoms with Crippen LogP contribution in [-0.2, 0) is 14.3 Å².